The van der Waals surface area contributed by atoms with E-state index in [1.54, 1.807) is 6.92 Å². The third-order valence-corrected chi connectivity index (χ3v) is 3.05. The van der Waals surface area contributed by atoms with Crippen LogP contribution in [0.5, 0.6) is 0 Å². The van der Waals surface area contributed by atoms with Gasteiger partial charge in [0.15, 0.2) is 0 Å². The molecule has 3 nitrogen and oxygen atoms in total. The molecule has 2 heterocycles. The van der Waals surface area contributed by atoms with Crippen molar-refractivity contribution in [2.45, 2.75) is 50.8 Å². The summed E-state index contributed by atoms with van der Waals surface area (Å²) in [6, 6.07) is 1.13. The van der Waals surface area contributed by atoms with Crippen LogP contribution < -0.4 is 5.32 Å². The summed E-state index contributed by atoms with van der Waals surface area (Å²) in [6.45, 7) is 5.28. The maximum atomic E-state index is 11.3. The predicted molar refractivity (Wildman–Crippen MR) is 53.9 cm³/mol. The summed E-state index contributed by atoms with van der Waals surface area (Å²) in [5.41, 5.74) is 0.496. The number of carbonyl (C=O) groups is 1. The molecule has 0 aromatic heterocycles. The van der Waals surface area contributed by atoms with Gasteiger partial charge in [-0.1, -0.05) is 6.58 Å². The Balaban J connectivity index is 1.88. The fourth-order valence-electron chi connectivity index (χ4n) is 2.35. The summed E-state index contributed by atoms with van der Waals surface area (Å²) in [4.78, 5) is 11.3. The zero-order valence-corrected chi connectivity index (χ0v) is 8.58. The van der Waals surface area contributed by atoms with E-state index < -0.39 is 0 Å². The molecule has 0 aliphatic carbocycles. The van der Waals surface area contributed by atoms with Gasteiger partial charge in [0.2, 0.25) is 0 Å². The highest BCUT2D eigenvalue weighted by Crippen LogP contribution is 2.28. The van der Waals surface area contributed by atoms with Gasteiger partial charge < -0.3 is 10.1 Å². The fraction of sp³-hybridized carbons (Fsp3) is 0.727. The molecular weight excluding hydrogens is 178 g/mol. The highest BCUT2D eigenvalue weighted by atomic mass is 16.5. The number of nitrogens with one attached hydrogen (secondary N) is 1. The van der Waals surface area contributed by atoms with Gasteiger partial charge in [-0.05, 0) is 32.6 Å². The number of rotatable bonds is 2. The van der Waals surface area contributed by atoms with E-state index in [0.717, 1.165) is 12.8 Å². The van der Waals surface area contributed by atoms with Gasteiger partial charge in [-0.2, -0.15) is 0 Å². The van der Waals surface area contributed by atoms with Crippen molar-refractivity contribution in [3.8, 4) is 0 Å². The van der Waals surface area contributed by atoms with Gasteiger partial charge in [-0.3, -0.25) is 0 Å². The minimum absolute atomic E-state index is 0.109. The summed E-state index contributed by atoms with van der Waals surface area (Å²) in [6.07, 6.45) is 4.50. The Morgan fingerprint density at radius 3 is 2.43 bits per heavy atom. The Hall–Kier alpha value is -0.830. The average molecular weight is 195 g/mol. The molecule has 3 heteroatoms. The Labute approximate surface area is 84.5 Å². The molecule has 0 radical (unpaired) electrons. The molecule has 0 amide bonds. The van der Waals surface area contributed by atoms with E-state index in [1.807, 2.05) is 0 Å². The molecule has 0 aromatic carbocycles. The second-order valence-electron chi connectivity index (χ2n) is 4.42. The van der Waals surface area contributed by atoms with Crippen LogP contribution in [0.4, 0.5) is 0 Å². The molecule has 78 valence electrons. The van der Waals surface area contributed by atoms with E-state index >= 15 is 0 Å². The van der Waals surface area contributed by atoms with Crippen LogP contribution in [0.3, 0.4) is 0 Å². The molecule has 2 aliphatic heterocycles. The van der Waals surface area contributed by atoms with E-state index in [0.29, 0.717) is 17.7 Å². The summed E-state index contributed by atoms with van der Waals surface area (Å²) < 4.78 is 5.36. The number of esters is 1. The van der Waals surface area contributed by atoms with Crippen molar-refractivity contribution in [3.63, 3.8) is 0 Å². The van der Waals surface area contributed by atoms with Crippen LogP contribution >= 0.6 is 0 Å². The van der Waals surface area contributed by atoms with Crippen molar-refractivity contribution >= 4 is 5.97 Å². The molecule has 2 saturated heterocycles. The van der Waals surface area contributed by atoms with E-state index in [2.05, 4.69) is 11.9 Å². The smallest absolute Gasteiger partial charge is 0.333 e. The lowest BCUT2D eigenvalue weighted by Gasteiger charge is -2.28. The monoisotopic (exact) mass is 195 g/mol. The minimum atomic E-state index is -0.240. The molecule has 0 spiro atoms. The Morgan fingerprint density at radius 2 is 1.93 bits per heavy atom. The molecule has 2 unspecified atom stereocenters. The Bertz CT molecular complexity index is 250. The first-order chi connectivity index (χ1) is 6.65. The summed E-state index contributed by atoms with van der Waals surface area (Å²) in [5, 5.41) is 3.51. The van der Waals surface area contributed by atoms with E-state index in [1.165, 1.54) is 12.8 Å². The molecule has 1 N–H and O–H groups in total. The van der Waals surface area contributed by atoms with Crippen molar-refractivity contribution in [3.05, 3.63) is 12.2 Å². The normalized spacial score (nSPS) is 35.4. The standard InChI is InChI=1S/C11H17NO2/c1-7(2)11(13)14-10-5-8-3-4-9(6-10)12-8/h8-10,12H,1,3-6H2,2H3. The number of ether oxygens (including phenoxy) is 1. The minimum Gasteiger partial charge on any atom is -0.459 e. The van der Waals surface area contributed by atoms with Crippen LogP contribution in [-0.2, 0) is 9.53 Å². The molecule has 0 saturated carbocycles. The van der Waals surface area contributed by atoms with Crippen LogP contribution in [0.15, 0.2) is 12.2 Å². The van der Waals surface area contributed by atoms with Crippen molar-refractivity contribution in [1.82, 2.24) is 5.32 Å². The molecule has 14 heavy (non-hydrogen) atoms. The number of piperidine rings is 1. The lowest BCUT2D eigenvalue weighted by molar-refractivity contribution is -0.145. The van der Waals surface area contributed by atoms with Crippen LogP contribution in [0.25, 0.3) is 0 Å². The van der Waals surface area contributed by atoms with Gasteiger partial charge in [-0.25, -0.2) is 4.79 Å². The molecule has 2 rings (SSSR count). The largest absolute Gasteiger partial charge is 0.459 e. The van der Waals surface area contributed by atoms with Crippen molar-refractivity contribution in [2.75, 3.05) is 0 Å². The van der Waals surface area contributed by atoms with E-state index in [4.69, 9.17) is 4.74 Å². The lowest BCUT2D eigenvalue weighted by atomic mass is 10.0. The highest BCUT2D eigenvalue weighted by Gasteiger charge is 2.35. The lowest BCUT2D eigenvalue weighted by Crippen LogP contribution is -2.42. The Morgan fingerprint density at radius 1 is 1.36 bits per heavy atom. The summed E-state index contributed by atoms with van der Waals surface area (Å²) in [7, 11) is 0. The topological polar surface area (TPSA) is 38.3 Å². The third-order valence-electron chi connectivity index (χ3n) is 3.05. The van der Waals surface area contributed by atoms with Crippen LogP contribution in [-0.4, -0.2) is 24.2 Å². The third kappa shape index (κ3) is 1.98. The number of fused-ring (bicyclic) bond motifs is 2. The molecule has 2 bridgehead atoms. The maximum Gasteiger partial charge on any atom is 0.333 e. The van der Waals surface area contributed by atoms with E-state index in [-0.39, 0.29) is 12.1 Å². The first kappa shape index (κ1) is 9.71. The number of hydrogen-bond acceptors (Lipinski definition) is 3. The highest BCUT2D eigenvalue weighted by molar-refractivity contribution is 5.87. The molecule has 2 atom stereocenters. The second-order valence-corrected chi connectivity index (χ2v) is 4.42. The Kier molecular flexibility index (Phi) is 2.59. The zero-order valence-electron chi connectivity index (χ0n) is 8.58. The van der Waals surface area contributed by atoms with Crippen LogP contribution in [0.1, 0.15) is 32.6 Å². The SMILES string of the molecule is C=C(C)C(=O)OC1CC2CCC(C1)N2. The van der Waals surface area contributed by atoms with Crippen LogP contribution in [0, 0.1) is 0 Å². The summed E-state index contributed by atoms with van der Waals surface area (Å²) >= 11 is 0. The van der Waals surface area contributed by atoms with Gasteiger partial charge in [0.05, 0.1) is 0 Å². The quantitative estimate of drug-likeness (QED) is 0.534. The molecular formula is C11H17NO2. The number of hydrogen-bond donors (Lipinski definition) is 1. The molecule has 2 fully saturated rings. The maximum absolute atomic E-state index is 11.3. The van der Waals surface area contributed by atoms with Gasteiger partial charge in [0.25, 0.3) is 0 Å². The average Bonchev–Trinajstić information content (AvgIpc) is 2.45. The van der Waals surface area contributed by atoms with Gasteiger partial charge in [-0.15, -0.1) is 0 Å². The predicted octanol–water partition coefficient (Wildman–Crippen LogP) is 1.39. The van der Waals surface area contributed by atoms with Crippen molar-refractivity contribution in [2.24, 2.45) is 0 Å². The van der Waals surface area contributed by atoms with Gasteiger partial charge in [0, 0.05) is 17.7 Å². The summed E-state index contributed by atoms with van der Waals surface area (Å²) in [5.74, 6) is -0.240. The van der Waals surface area contributed by atoms with Crippen LogP contribution in [0.2, 0.25) is 0 Å². The first-order valence-electron chi connectivity index (χ1n) is 5.27. The molecule has 0 aromatic rings. The first-order valence-corrected chi connectivity index (χ1v) is 5.27. The zero-order chi connectivity index (χ0) is 10.1. The van der Waals surface area contributed by atoms with Crippen molar-refractivity contribution in [1.29, 1.82) is 0 Å². The fourth-order valence-corrected chi connectivity index (χ4v) is 2.35. The number of carbonyl (C=O) groups excluding carboxylic acids is 1. The van der Waals surface area contributed by atoms with Gasteiger partial charge in [0.1, 0.15) is 6.10 Å². The van der Waals surface area contributed by atoms with E-state index in [9.17, 15) is 4.79 Å². The van der Waals surface area contributed by atoms with Crippen molar-refractivity contribution < 1.29 is 9.53 Å². The van der Waals surface area contributed by atoms with Gasteiger partial charge >= 0.3 is 5.97 Å². The second kappa shape index (κ2) is 3.73. The molecule has 2 aliphatic rings.